The Morgan fingerprint density at radius 1 is 1.12 bits per heavy atom. The molecule has 0 unspecified atom stereocenters. The van der Waals surface area contributed by atoms with Crippen LogP contribution in [0.15, 0.2) is 47.0 Å². The lowest BCUT2D eigenvalue weighted by molar-refractivity contribution is 0.0592. The van der Waals surface area contributed by atoms with E-state index in [0.717, 1.165) is 16.8 Å². The van der Waals surface area contributed by atoms with E-state index >= 15 is 0 Å². The van der Waals surface area contributed by atoms with Crippen LogP contribution in [0.4, 0.5) is 0 Å². The number of nitrogens with zero attached hydrogens (tertiary/aromatic N) is 3. The summed E-state index contributed by atoms with van der Waals surface area (Å²) in [4.78, 5) is 11.3. The fourth-order valence-electron chi connectivity index (χ4n) is 2.14. The largest absolute Gasteiger partial charge is 0.472 e. The molecular formula is C17H15N3O4. The molecule has 0 aliphatic carbocycles. The first kappa shape index (κ1) is 15.7. The number of aromatic nitrogens is 3. The molecule has 3 rings (SSSR count). The fourth-order valence-corrected chi connectivity index (χ4v) is 2.14. The first-order chi connectivity index (χ1) is 11.7. The van der Waals surface area contributed by atoms with Crippen molar-refractivity contribution in [1.82, 2.24) is 15.4 Å². The zero-order chi connectivity index (χ0) is 16.9. The van der Waals surface area contributed by atoms with Gasteiger partial charge in [-0.25, -0.2) is 4.79 Å². The van der Waals surface area contributed by atoms with E-state index in [1.54, 1.807) is 6.07 Å². The van der Waals surface area contributed by atoms with Crippen molar-refractivity contribution in [3.05, 3.63) is 59.5 Å². The lowest BCUT2D eigenvalue weighted by Crippen LogP contribution is -2.06. The molecule has 2 heterocycles. The Labute approximate surface area is 138 Å². The van der Waals surface area contributed by atoms with Gasteiger partial charge in [-0.1, -0.05) is 35.5 Å². The molecular weight excluding hydrogens is 310 g/mol. The van der Waals surface area contributed by atoms with Crippen molar-refractivity contribution in [2.24, 2.45) is 0 Å². The van der Waals surface area contributed by atoms with Crippen LogP contribution in [-0.2, 0) is 11.3 Å². The third-order valence-electron chi connectivity index (χ3n) is 3.43. The molecule has 2 aromatic heterocycles. The molecule has 0 spiro atoms. The Morgan fingerprint density at radius 3 is 2.58 bits per heavy atom. The summed E-state index contributed by atoms with van der Waals surface area (Å²) in [6.07, 6.45) is 0. The first-order valence-electron chi connectivity index (χ1n) is 7.24. The zero-order valence-corrected chi connectivity index (χ0v) is 13.2. The summed E-state index contributed by atoms with van der Waals surface area (Å²) in [5, 5.41) is 11.7. The maximum Gasteiger partial charge on any atom is 0.358 e. The van der Waals surface area contributed by atoms with Gasteiger partial charge >= 0.3 is 5.97 Å². The smallest absolute Gasteiger partial charge is 0.358 e. The highest BCUT2D eigenvalue weighted by atomic mass is 16.5. The van der Waals surface area contributed by atoms with Gasteiger partial charge in [-0.05, 0) is 13.0 Å². The molecule has 0 amide bonds. The number of ether oxygens (including phenoxy) is 2. The molecule has 0 fully saturated rings. The third-order valence-corrected chi connectivity index (χ3v) is 3.43. The Hall–Kier alpha value is -3.22. The van der Waals surface area contributed by atoms with Gasteiger partial charge in [0.2, 0.25) is 5.88 Å². The first-order valence-corrected chi connectivity index (χ1v) is 7.24. The van der Waals surface area contributed by atoms with Crippen LogP contribution in [0.1, 0.15) is 21.8 Å². The van der Waals surface area contributed by atoms with Crippen molar-refractivity contribution in [3.8, 4) is 17.1 Å². The fraction of sp³-hybridized carbons (Fsp3) is 0.176. The highest BCUT2D eigenvalue weighted by Crippen LogP contribution is 2.26. The number of carbonyl (C=O) groups is 1. The number of benzene rings is 1. The van der Waals surface area contributed by atoms with Gasteiger partial charge in [0.1, 0.15) is 18.1 Å². The predicted octanol–water partition coefficient (Wildman–Crippen LogP) is 2.81. The molecule has 122 valence electrons. The molecule has 0 aliphatic heterocycles. The molecule has 0 atom stereocenters. The van der Waals surface area contributed by atoms with Crippen molar-refractivity contribution in [3.63, 3.8) is 0 Å². The molecule has 0 N–H and O–H groups in total. The Kier molecular flexibility index (Phi) is 4.51. The van der Waals surface area contributed by atoms with Gasteiger partial charge in [0.25, 0.3) is 0 Å². The van der Waals surface area contributed by atoms with Crippen molar-refractivity contribution in [2.75, 3.05) is 7.11 Å². The van der Waals surface area contributed by atoms with Gasteiger partial charge < -0.3 is 14.0 Å². The van der Waals surface area contributed by atoms with E-state index in [-0.39, 0.29) is 12.3 Å². The molecule has 3 aromatic rings. The van der Waals surface area contributed by atoms with Crippen LogP contribution in [0, 0.1) is 6.92 Å². The Bertz CT molecular complexity index is 829. The van der Waals surface area contributed by atoms with E-state index in [2.05, 4.69) is 20.1 Å². The molecule has 0 aliphatic rings. The number of aryl methyl sites for hydroxylation is 1. The molecule has 0 saturated heterocycles. The Balaban J connectivity index is 1.76. The van der Waals surface area contributed by atoms with Crippen LogP contribution >= 0.6 is 0 Å². The number of hydrogen-bond donors (Lipinski definition) is 0. The summed E-state index contributed by atoms with van der Waals surface area (Å²) >= 11 is 0. The number of rotatable bonds is 5. The van der Waals surface area contributed by atoms with Crippen LogP contribution in [0.2, 0.25) is 0 Å². The average Bonchev–Trinajstić information content (AvgIpc) is 3.01. The van der Waals surface area contributed by atoms with Crippen molar-refractivity contribution in [2.45, 2.75) is 13.5 Å². The summed E-state index contributed by atoms with van der Waals surface area (Å²) in [6.45, 7) is 2.05. The van der Waals surface area contributed by atoms with Crippen LogP contribution in [0.25, 0.3) is 11.3 Å². The summed E-state index contributed by atoms with van der Waals surface area (Å²) in [5.74, 6) is 0.422. The van der Waals surface area contributed by atoms with Gasteiger partial charge in [-0.3, -0.25) is 0 Å². The molecule has 0 saturated carbocycles. The second-order valence-corrected chi connectivity index (χ2v) is 4.97. The Morgan fingerprint density at radius 2 is 1.92 bits per heavy atom. The van der Waals surface area contributed by atoms with E-state index in [1.807, 2.05) is 37.3 Å². The van der Waals surface area contributed by atoms with E-state index in [0.29, 0.717) is 11.6 Å². The predicted molar refractivity (Wildman–Crippen MR) is 84.4 cm³/mol. The molecule has 7 heteroatoms. The minimum atomic E-state index is -0.546. The molecule has 1 aromatic carbocycles. The van der Waals surface area contributed by atoms with Crippen molar-refractivity contribution < 1.29 is 18.8 Å². The third kappa shape index (κ3) is 3.24. The lowest BCUT2D eigenvalue weighted by atomic mass is 10.1. The van der Waals surface area contributed by atoms with Crippen LogP contribution in [-0.4, -0.2) is 28.4 Å². The van der Waals surface area contributed by atoms with Gasteiger partial charge in [0, 0.05) is 11.6 Å². The molecule has 7 nitrogen and oxygen atoms in total. The molecule has 24 heavy (non-hydrogen) atoms. The van der Waals surface area contributed by atoms with E-state index < -0.39 is 5.97 Å². The standard InChI is InChI=1S/C17H15N3O4/c1-11-13(16(20-24-11)12-6-4-3-5-7-12)10-23-15-9-8-14(18-19-15)17(21)22-2/h3-9H,10H2,1-2H3. The number of hydrogen-bond acceptors (Lipinski definition) is 7. The summed E-state index contributed by atoms with van der Waals surface area (Å²) in [6, 6.07) is 12.8. The summed E-state index contributed by atoms with van der Waals surface area (Å²) < 4.78 is 15.5. The SMILES string of the molecule is COC(=O)c1ccc(OCc2c(-c3ccccc3)noc2C)nn1. The second kappa shape index (κ2) is 6.91. The van der Waals surface area contributed by atoms with E-state index in [4.69, 9.17) is 9.26 Å². The highest BCUT2D eigenvalue weighted by molar-refractivity contribution is 5.86. The minimum Gasteiger partial charge on any atom is -0.472 e. The summed E-state index contributed by atoms with van der Waals surface area (Å²) in [7, 11) is 1.29. The topological polar surface area (TPSA) is 87.3 Å². The summed E-state index contributed by atoms with van der Waals surface area (Å²) in [5.41, 5.74) is 2.63. The number of methoxy groups -OCH3 is 1. The van der Waals surface area contributed by atoms with Crippen molar-refractivity contribution >= 4 is 5.97 Å². The highest BCUT2D eigenvalue weighted by Gasteiger charge is 2.16. The van der Waals surface area contributed by atoms with Gasteiger partial charge in [0.15, 0.2) is 5.69 Å². The monoisotopic (exact) mass is 325 g/mol. The minimum absolute atomic E-state index is 0.121. The normalized spacial score (nSPS) is 10.4. The lowest BCUT2D eigenvalue weighted by Gasteiger charge is -2.06. The maximum atomic E-state index is 11.3. The molecule has 0 bridgehead atoms. The number of carbonyl (C=O) groups excluding carboxylic acids is 1. The second-order valence-electron chi connectivity index (χ2n) is 4.97. The maximum absolute atomic E-state index is 11.3. The quantitative estimate of drug-likeness (QED) is 0.666. The average molecular weight is 325 g/mol. The molecule has 0 radical (unpaired) electrons. The van der Waals surface area contributed by atoms with Gasteiger partial charge in [-0.2, -0.15) is 0 Å². The zero-order valence-electron chi connectivity index (χ0n) is 13.2. The van der Waals surface area contributed by atoms with Crippen LogP contribution < -0.4 is 4.74 Å². The number of esters is 1. The van der Waals surface area contributed by atoms with Crippen molar-refractivity contribution in [1.29, 1.82) is 0 Å². The van der Waals surface area contributed by atoms with E-state index in [1.165, 1.54) is 13.2 Å². The van der Waals surface area contributed by atoms with Crippen LogP contribution in [0.5, 0.6) is 5.88 Å². The van der Waals surface area contributed by atoms with E-state index in [9.17, 15) is 4.79 Å². The van der Waals surface area contributed by atoms with Gasteiger partial charge in [-0.15, -0.1) is 10.2 Å². The van der Waals surface area contributed by atoms with Crippen LogP contribution in [0.3, 0.4) is 0 Å². The van der Waals surface area contributed by atoms with Gasteiger partial charge in [0.05, 0.1) is 12.7 Å².